The maximum absolute atomic E-state index is 10.5. The van der Waals surface area contributed by atoms with Gasteiger partial charge in [-0.3, -0.25) is 10.1 Å². The molecule has 6 nitrogen and oxygen atoms in total. The third kappa shape index (κ3) is 2.71. The molecule has 17 heavy (non-hydrogen) atoms. The summed E-state index contributed by atoms with van der Waals surface area (Å²) in [5.41, 5.74) is 0.0379. The number of hydrogen-bond acceptors (Lipinski definition) is 5. The Morgan fingerprint density at radius 3 is 3.00 bits per heavy atom. The smallest absolute Gasteiger partial charge is 0.287 e. The van der Waals surface area contributed by atoms with Crippen LogP contribution >= 0.6 is 0 Å². The molecule has 0 bridgehead atoms. The summed E-state index contributed by atoms with van der Waals surface area (Å²) in [5.74, 6) is 0.815. The van der Waals surface area contributed by atoms with Crippen LogP contribution in [-0.4, -0.2) is 36.1 Å². The first-order valence-electron chi connectivity index (χ1n) is 5.73. The summed E-state index contributed by atoms with van der Waals surface area (Å²) in [7, 11) is 1.96. The molecule has 0 spiro atoms. The van der Waals surface area contributed by atoms with Crippen molar-refractivity contribution >= 4 is 11.5 Å². The SMILES string of the molecule is CNC1CCCN(c2ccc([N+](=O)[O-])cn2)C1. The van der Waals surface area contributed by atoms with Crippen molar-refractivity contribution in [2.24, 2.45) is 0 Å². The first-order valence-corrected chi connectivity index (χ1v) is 5.73. The second-order valence-electron chi connectivity index (χ2n) is 4.21. The van der Waals surface area contributed by atoms with E-state index in [0.29, 0.717) is 6.04 Å². The molecular weight excluding hydrogens is 220 g/mol. The predicted octanol–water partition coefficient (Wildman–Crippen LogP) is 1.18. The summed E-state index contributed by atoms with van der Waals surface area (Å²) >= 11 is 0. The molecule has 2 heterocycles. The van der Waals surface area contributed by atoms with Gasteiger partial charge >= 0.3 is 0 Å². The number of nitro groups is 1. The number of nitrogens with zero attached hydrogens (tertiary/aromatic N) is 3. The highest BCUT2D eigenvalue weighted by Crippen LogP contribution is 2.19. The Bertz CT molecular complexity index is 393. The number of pyridine rings is 1. The normalized spacial score (nSPS) is 20.3. The number of anilines is 1. The minimum Gasteiger partial charge on any atom is -0.355 e. The van der Waals surface area contributed by atoms with E-state index in [4.69, 9.17) is 0 Å². The fraction of sp³-hybridized carbons (Fsp3) is 0.545. The van der Waals surface area contributed by atoms with Gasteiger partial charge in [-0.1, -0.05) is 0 Å². The van der Waals surface area contributed by atoms with Gasteiger partial charge in [0.1, 0.15) is 12.0 Å². The van der Waals surface area contributed by atoms with Crippen LogP contribution in [0.5, 0.6) is 0 Å². The molecule has 1 aromatic heterocycles. The molecule has 0 saturated carbocycles. The monoisotopic (exact) mass is 236 g/mol. The van der Waals surface area contributed by atoms with E-state index in [9.17, 15) is 10.1 Å². The van der Waals surface area contributed by atoms with Crippen molar-refractivity contribution in [2.75, 3.05) is 25.0 Å². The van der Waals surface area contributed by atoms with E-state index in [1.165, 1.54) is 18.7 Å². The average molecular weight is 236 g/mol. The van der Waals surface area contributed by atoms with Crippen molar-refractivity contribution in [3.05, 3.63) is 28.4 Å². The van der Waals surface area contributed by atoms with Crippen molar-refractivity contribution < 1.29 is 4.92 Å². The zero-order chi connectivity index (χ0) is 12.3. The highest BCUT2D eigenvalue weighted by atomic mass is 16.6. The van der Waals surface area contributed by atoms with E-state index in [0.717, 1.165) is 25.3 Å². The second kappa shape index (κ2) is 5.09. The third-order valence-corrected chi connectivity index (χ3v) is 3.10. The Morgan fingerprint density at radius 2 is 2.41 bits per heavy atom. The first-order chi connectivity index (χ1) is 8.20. The summed E-state index contributed by atoms with van der Waals surface area (Å²) < 4.78 is 0. The van der Waals surface area contributed by atoms with Crippen molar-refractivity contribution in [3.8, 4) is 0 Å². The van der Waals surface area contributed by atoms with Crippen molar-refractivity contribution in [1.82, 2.24) is 10.3 Å². The standard InChI is InChI=1S/C11H16N4O2/c1-12-9-3-2-6-14(8-9)11-5-4-10(7-13-11)15(16)17/h4-5,7,9,12H,2-3,6,8H2,1H3. The van der Waals surface area contributed by atoms with Crippen LogP contribution in [0.3, 0.4) is 0 Å². The Labute approximate surface area is 99.8 Å². The van der Waals surface area contributed by atoms with Crippen LogP contribution in [-0.2, 0) is 0 Å². The van der Waals surface area contributed by atoms with Gasteiger partial charge in [0.2, 0.25) is 0 Å². The quantitative estimate of drug-likeness (QED) is 0.630. The van der Waals surface area contributed by atoms with Crippen LogP contribution in [0.15, 0.2) is 18.3 Å². The van der Waals surface area contributed by atoms with Gasteiger partial charge in [-0.2, -0.15) is 0 Å². The minimum atomic E-state index is -0.427. The molecule has 92 valence electrons. The zero-order valence-corrected chi connectivity index (χ0v) is 9.80. The number of nitrogens with one attached hydrogen (secondary N) is 1. The molecule has 1 aliphatic rings. The molecule has 0 radical (unpaired) electrons. The summed E-state index contributed by atoms with van der Waals surface area (Å²) in [4.78, 5) is 16.4. The van der Waals surface area contributed by atoms with Gasteiger partial charge in [0.25, 0.3) is 5.69 Å². The van der Waals surface area contributed by atoms with Crippen LogP contribution in [0.4, 0.5) is 11.5 Å². The van der Waals surface area contributed by atoms with Crippen LogP contribution in [0.2, 0.25) is 0 Å². The van der Waals surface area contributed by atoms with E-state index >= 15 is 0 Å². The van der Waals surface area contributed by atoms with Crippen LogP contribution in [0.1, 0.15) is 12.8 Å². The van der Waals surface area contributed by atoms with E-state index in [1.807, 2.05) is 7.05 Å². The van der Waals surface area contributed by atoms with E-state index < -0.39 is 4.92 Å². The molecule has 0 aliphatic carbocycles. The number of piperidine rings is 1. The fourth-order valence-electron chi connectivity index (χ4n) is 2.09. The summed E-state index contributed by atoms with van der Waals surface area (Å²) in [6, 6.07) is 3.70. The van der Waals surface area contributed by atoms with E-state index in [-0.39, 0.29) is 5.69 Å². The molecule has 1 fully saturated rings. The van der Waals surface area contributed by atoms with Crippen LogP contribution in [0, 0.1) is 10.1 Å². The van der Waals surface area contributed by atoms with Gasteiger partial charge in [-0.15, -0.1) is 0 Å². The Kier molecular flexibility index (Phi) is 3.53. The molecule has 1 aromatic rings. The molecule has 1 saturated heterocycles. The number of likely N-dealkylation sites (N-methyl/N-ethyl adjacent to an activating group) is 1. The van der Waals surface area contributed by atoms with Gasteiger partial charge in [-0.25, -0.2) is 4.98 Å². The van der Waals surface area contributed by atoms with Crippen LogP contribution in [0.25, 0.3) is 0 Å². The highest BCUT2D eigenvalue weighted by Gasteiger charge is 2.19. The largest absolute Gasteiger partial charge is 0.355 e. The Balaban J connectivity index is 2.08. The predicted molar refractivity (Wildman–Crippen MR) is 65.2 cm³/mol. The lowest BCUT2D eigenvalue weighted by Gasteiger charge is -2.33. The van der Waals surface area contributed by atoms with Gasteiger partial charge in [0.15, 0.2) is 0 Å². The van der Waals surface area contributed by atoms with Crippen LogP contribution < -0.4 is 10.2 Å². The zero-order valence-electron chi connectivity index (χ0n) is 9.80. The Morgan fingerprint density at radius 1 is 1.59 bits per heavy atom. The van der Waals surface area contributed by atoms with Gasteiger partial charge in [0.05, 0.1) is 4.92 Å². The van der Waals surface area contributed by atoms with Crippen molar-refractivity contribution in [3.63, 3.8) is 0 Å². The summed E-state index contributed by atoms with van der Waals surface area (Å²) in [5, 5.41) is 13.8. The molecular formula is C11H16N4O2. The lowest BCUT2D eigenvalue weighted by atomic mass is 10.1. The summed E-state index contributed by atoms with van der Waals surface area (Å²) in [6.45, 7) is 1.87. The molecule has 1 aliphatic heterocycles. The summed E-state index contributed by atoms with van der Waals surface area (Å²) in [6.07, 6.45) is 3.60. The van der Waals surface area contributed by atoms with E-state index in [1.54, 1.807) is 6.07 Å². The first kappa shape index (κ1) is 11.8. The molecule has 0 aromatic carbocycles. The third-order valence-electron chi connectivity index (χ3n) is 3.10. The van der Waals surface area contributed by atoms with Gasteiger partial charge in [0, 0.05) is 25.2 Å². The maximum atomic E-state index is 10.5. The number of aromatic nitrogens is 1. The van der Waals surface area contributed by atoms with Gasteiger partial charge < -0.3 is 10.2 Å². The molecule has 0 amide bonds. The van der Waals surface area contributed by atoms with E-state index in [2.05, 4.69) is 15.2 Å². The fourth-order valence-corrected chi connectivity index (χ4v) is 2.09. The molecule has 1 unspecified atom stereocenters. The molecule has 6 heteroatoms. The maximum Gasteiger partial charge on any atom is 0.287 e. The number of rotatable bonds is 3. The minimum absolute atomic E-state index is 0.0379. The van der Waals surface area contributed by atoms with Crippen molar-refractivity contribution in [1.29, 1.82) is 0 Å². The lowest BCUT2D eigenvalue weighted by Crippen LogP contribution is -2.44. The molecule has 1 atom stereocenters. The number of hydrogen-bond donors (Lipinski definition) is 1. The topological polar surface area (TPSA) is 71.3 Å². The van der Waals surface area contributed by atoms with Crippen molar-refractivity contribution in [2.45, 2.75) is 18.9 Å². The molecule has 2 rings (SSSR count). The lowest BCUT2D eigenvalue weighted by molar-refractivity contribution is -0.385. The highest BCUT2D eigenvalue weighted by molar-refractivity contribution is 5.43. The molecule has 1 N–H and O–H groups in total. The van der Waals surface area contributed by atoms with Gasteiger partial charge in [-0.05, 0) is 26.0 Å². The Hall–Kier alpha value is -1.69. The average Bonchev–Trinajstić information content (AvgIpc) is 2.39. The second-order valence-corrected chi connectivity index (χ2v) is 4.21.